The zero-order valence-electron chi connectivity index (χ0n) is 28.6. The monoisotopic (exact) mass is 657 g/mol. The molecule has 14 heteroatoms. The third-order valence-corrected chi connectivity index (χ3v) is 7.69. The molecule has 0 heterocycles. The molecule has 0 aliphatic heterocycles. The van der Waals surface area contributed by atoms with Crippen molar-refractivity contribution in [3.63, 3.8) is 0 Å². The highest BCUT2D eigenvalue weighted by molar-refractivity contribution is 5.77. The van der Waals surface area contributed by atoms with Crippen LogP contribution in [0.5, 0.6) is 0 Å². The van der Waals surface area contributed by atoms with Crippen LogP contribution in [0.3, 0.4) is 0 Å². The lowest BCUT2D eigenvalue weighted by Crippen LogP contribution is -2.36. The van der Waals surface area contributed by atoms with Crippen molar-refractivity contribution in [2.75, 3.05) is 91.6 Å². The van der Waals surface area contributed by atoms with Gasteiger partial charge in [0.05, 0.1) is 0 Å². The van der Waals surface area contributed by atoms with E-state index in [0.717, 1.165) is 38.8 Å². The van der Waals surface area contributed by atoms with Crippen LogP contribution >= 0.6 is 0 Å². The Morgan fingerprint density at radius 2 is 0.565 bits per heavy atom. The van der Waals surface area contributed by atoms with Crippen molar-refractivity contribution in [1.29, 1.82) is 0 Å². The van der Waals surface area contributed by atoms with Crippen LogP contribution in [0.1, 0.15) is 89.9 Å². The molecule has 0 radical (unpaired) electrons. The molecule has 0 aromatic carbocycles. The highest BCUT2D eigenvalue weighted by atomic mass is 16.2. The fourth-order valence-corrected chi connectivity index (χ4v) is 4.99. The summed E-state index contributed by atoms with van der Waals surface area (Å²) in [4.78, 5) is 52.5. The van der Waals surface area contributed by atoms with Crippen LogP contribution in [0, 0.1) is 0 Å². The molecule has 0 atom stereocenters. The van der Waals surface area contributed by atoms with Crippen LogP contribution in [-0.4, -0.2) is 125 Å². The van der Waals surface area contributed by atoms with Gasteiger partial charge in [0.15, 0.2) is 0 Å². The largest absolute Gasteiger partial charge is 0.355 e. The number of amides is 4. The maximum Gasteiger partial charge on any atom is 0.221 e. The van der Waals surface area contributed by atoms with Crippen LogP contribution in [0.2, 0.25) is 0 Å². The molecular formula is C32H68N10O4. The number of nitrogens with two attached hydrogens (primary N) is 4. The van der Waals surface area contributed by atoms with E-state index in [-0.39, 0.29) is 23.6 Å². The van der Waals surface area contributed by atoms with Crippen LogP contribution in [0.25, 0.3) is 0 Å². The quantitative estimate of drug-likeness (QED) is 0.0417. The highest BCUT2D eigenvalue weighted by Crippen LogP contribution is 2.12. The second-order valence-electron chi connectivity index (χ2n) is 11.8. The number of unbranched alkanes of at least 4 members (excludes halogenated alkanes) is 9. The summed E-state index contributed by atoms with van der Waals surface area (Å²) in [7, 11) is 0. The van der Waals surface area contributed by atoms with Gasteiger partial charge in [0, 0.05) is 104 Å². The molecule has 270 valence electrons. The first kappa shape index (κ1) is 43.6. The fourth-order valence-electron chi connectivity index (χ4n) is 4.99. The van der Waals surface area contributed by atoms with Crippen molar-refractivity contribution >= 4 is 23.6 Å². The first-order valence-corrected chi connectivity index (χ1v) is 17.7. The molecule has 0 unspecified atom stereocenters. The van der Waals surface area contributed by atoms with Crippen LogP contribution < -0.4 is 44.2 Å². The highest BCUT2D eigenvalue weighted by Gasteiger charge is 2.12. The first-order valence-electron chi connectivity index (χ1n) is 17.7. The van der Waals surface area contributed by atoms with Crippen LogP contribution in [0.4, 0.5) is 0 Å². The maximum absolute atomic E-state index is 12.0. The summed E-state index contributed by atoms with van der Waals surface area (Å²) in [6.07, 6.45) is 13.3. The van der Waals surface area contributed by atoms with Gasteiger partial charge in [0.1, 0.15) is 0 Å². The van der Waals surface area contributed by atoms with E-state index < -0.39 is 0 Å². The van der Waals surface area contributed by atoms with Crippen molar-refractivity contribution in [3.8, 4) is 0 Å². The lowest BCUT2D eigenvalue weighted by atomic mass is 10.1. The van der Waals surface area contributed by atoms with Gasteiger partial charge in [-0.3, -0.25) is 19.2 Å². The normalized spacial score (nSPS) is 11.2. The van der Waals surface area contributed by atoms with E-state index in [9.17, 15) is 19.2 Å². The third kappa shape index (κ3) is 29.1. The fraction of sp³-hybridized carbons (Fsp3) is 0.875. The molecule has 46 heavy (non-hydrogen) atoms. The number of carbonyl (C=O) groups excluding carboxylic acids is 4. The maximum atomic E-state index is 12.0. The molecular weight excluding hydrogens is 588 g/mol. The number of carbonyl (C=O) groups is 4. The van der Waals surface area contributed by atoms with Gasteiger partial charge in [-0.15, -0.1) is 0 Å². The molecule has 0 spiro atoms. The molecule has 0 saturated carbocycles. The van der Waals surface area contributed by atoms with Crippen molar-refractivity contribution in [2.45, 2.75) is 89.9 Å². The minimum Gasteiger partial charge on any atom is -0.355 e. The van der Waals surface area contributed by atoms with Crippen LogP contribution in [-0.2, 0) is 19.2 Å². The third-order valence-electron chi connectivity index (χ3n) is 7.69. The molecule has 0 aromatic rings. The smallest absolute Gasteiger partial charge is 0.221 e. The minimum absolute atomic E-state index is 0.00783. The van der Waals surface area contributed by atoms with E-state index in [4.69, 9.17) is 22.9 Å². The van der Waals surface area contributed by atoms with Crippen molar-refractivity contribution in [2.24, 2.45) is 22.9 Å². The van der Waals surface area contributed by atoms with Crippen molar-refractivity contribution in [1.82, 2.24) is 31.1 Å². The van der Waals surface area contributed by atoms with Gasteiger partial charge in [-0.05, 0) is 25.9 Å². The topological polar surface area (TPSA) is 227 Å². The van der Waals surface area contributed by atoms with Crippen LogP contribution in [0.15, 0.2) is 0 Å². The van der Waals surface area contributed by atoms with Gasteiger partial charge < -0.3 is 54.0 Å². The first-order chi connectivity index (χ1) is 22.4. The average molecular weight is 657 g/mol. The van der Waals surface area contributed by atoms with E-state index in [1.807, 2.05) is 0 Å². The van der Waals surface area contributed by atoms with Gasteiger partial charge in [-0.2, -0.15) is 0 Å². The molecule has 14 nitrogen and oxygen atoms in total. The Labute approximate surface area is 278 Å². The Morgan fingerprint density at radius 3 is 0.783 bits per heavy atom. The minimum atomic E-state index is -0.00783. The molecule has 0 saturated heterocycles. The Hall–Kier alpha value is -2.36. The number of nitrogens with one attached hydrogen (secondary N) is 4. The zero-order chi connectivity index (χ0) is 34.1. The van der Waals surface area contributed by atoms with Crippen molar-refractivity contribution < 1.29 is 19.2 Å². The number of hydrogen-bond acceptors (Lipinski definition) is 10. The summed E-state index contributed by atoms with van der Waals surface area (Å²) in [5.74, 6) is -0.0313. The number of nitrogens with zero attached hydrogens (tertiary/aromatic N) is 2. The van der Waals surface area contributed by atoms with Crippen molar-refractivity contribution in [3.05, 3.63) is 0 Å². The van der Waals surface area contributed by atoms with E-state index in [1.54, 1.807) is 0 Å². The zero-order valence-corrected chi connectivity index (χ0v) is 28.6. The predicted molar refractivity (Wildman–Crippen MR) is 186 cm³/mol. The SMILES string of the molecule is NCCNC(=O)CCN(CCCCCCCCCCCCN(CCC(=O)NCCN)CCC(=O)NCCN)CCC(=O)NCCN. The van der Waals surface area contributed by atoms with Gasteiger partial charge in [-0.1, -0.05) is 51.4 Å². The molecule has 0 bridgehead atoms. The van der Waals surface area contributed by atoms with Gasteiger partial charge in [-0.25, -0.2) is 0 Å². The van der Waals surface area contributed by atoms with Gasteiger partial charge in [0.25, 0.3) is 0 Å². The Bertz CT molecular complexity index is 665. The number of rotatable bonds is 33. The second kappa shape index (κ2) is 32.6. The number of hydrogen-bond donors (Lipinski definition) is 8. The summed E-state index contributed by atoms with van der Waals surface area (Å²) < 4.78 is 0. The molecule has 4 amide bonds. The van der Waals surface area contributed by atoms with Gasteiger partial charge >= 0.3 is 0 Å². The lowest BCUT2D eigenvalue weighted by Gasteiger charge is -2.22. The predicted octanol–water partition coefficient (Wildman–Crippen LogP) is -0.649. The van der Waals surface area contributed by atoms with E-state index in [2.05, 4.69) is 31.1 Å². The lowest BCUT2D eigenvalue weighted by molar-refractivity contribution is -0.123. The summed E-state index contributed by atoms with van der Waals surface area (Å²) in [6.45, 7) is 7.90. The van der Waals surface area contributed by atoms with E-state index in [0.29, 0.717) is 104 Å². The Kier molecular flexibility index (Phi) is 30.9. The molecule has 0 rings (SSSR count). The molecule has 12 N–H and O–H groups in total. The molecule has 0 aromatic heterocycles. The molecule has 0 aliphatic carbocycles. The Balaban J connectivity index is 4.17. The summed E-state index contributed by atoms with van der Waals surface area (Å²) in [5, 5.41) is 11.2. The average Bonchev–Trinajstić information content (AvgIpc) is 3.06. The summed E-state index contributed by atoms with van der Waals surface area (Å²) in [5.41, 5.74) is 21.9. The van der Waals surface area contributed by atoms with Gasteiger partial charge in [0.2, 0.25) is 23.6 Å². The van der Waals surface area contributed by atoms with E-state index in [1.165, 1.54) is 38.5 Å². The van der Waals surface area contributed by atoms with E-state index >= 15 is 0 Å². The Morgan fingerprint density at radius 1 is 0.348 bits per heavy atom. The molecule has 0 fully saturated rings. The standard InChI is InChI=1S/C32H68N10O4/c33-15-19-37-29(43)11-25-41(26-12-30(44)38-20-16-34)23-9-7-5-3-1-2-4-6-8-10-24-42(27-13-31(45)39-21-17-35)28-14-32(46)40-22-18-36/h1-28,33-36H2,(H,37,43)(H,38,44)(H,39,45)(H,40,46). The summed E-state index contributed by atoms with van der Waals surface area (Å²) in [6, 6.07) is 0. The summed E-state index contributed by atoms with van der Waals surface area (Å²) >= 11 is 0. The molecule has 0 aliphatic rings. The second-order valence-corrected chi connectivity index (χ2v) is 11.8.